The maximum Gasteiger partial charge on any atom is 0.354 e. The van der Waals surface area contributed by atoms with E-state index in [0.717, 1.165) is 6.42 Å². The number of methoxy groups -OCH3 is 1. The molecule has 1 heterocycles. The first-order valence-electron chi connectivity index (χ1n) is 4.79. The smallest absolute Gasteiger partial charge is 0.354 e. The molecule has 1 saturated heterocycles. The lowest BCUT2D eigenvalue weighted by Gasteiger charge is -2.17. The Morgan fingerprint density at radius 3 is 2.79 bits per heavy atom. The van der Waals surface area contributed by atoms with Crippen LogP contribution in [0, 0.1) is 0 Å². The molecule has 0 saturated carbocycles. The summed E-state index contributed by atoms with van der Waals surface area (Å²) in [5.74, 6) is -0.419. The maximum absolute atomic E-state index is 11.4. The van der Waals surface area contributed by atoms with E-state index in [1.165, 1.54) is 12.0 Å². The highest BCUT2D eigenvalue weighted by Crippen LogP contribution is 2.17. The highest BCUT2D eigenvalue weighted by Gasteiger charge is 2.27. The van der Waals surface area contributed by atoms with Gasteiger partial charge in [-0.15, -0.1) is 0 Å². The second kappa shape index (κ2) is 4.79. The molecular weight excluding hydrogens is 182 g/mol. The van der Waals surface area contributed by atoms with Crippen LogP contribution < -0.4 is 0 Å². The number of esters is 1. The van der Waals surface area contributed by atoms with E-state index < -0.39 is 5.97 Å². The first-order valence-corrected chi connectivity index (χ1v) is 4.79. The van der Waals surface area contributed by atoms with Gasteiger partial charge in [-0.25, -0.2) is 4.79 Å². The Hall–Kier alpha value is -1.32. The highest BCUT2D eigenvalue weighted by atomic mass is 16.5. The molecule has 0 atom stereocenters. The van der Waals surface area contributed by atoms with Crippen molar-refractivity contribution in [1.82, 2.24) is 4.90 Å². The van der Waals surface area contributed by atoms with Crippen LogP contribution in [0.1, 0.15) is 26.2 Å². The van der Waals surface area contributed by atoms with Crippen molar-refractivity contribution in [3.8, 4) is 0 Å². The fraction of sp³-hybridized carbons (Fsp3) is 0.600. The number of carbonyl (C=O) groups excluding carboxylic acids is 2. The van der Waals surface area contributed by atoms with Crippen LogP contribution in [0.15, 0.2) is 11.8 Å². The average molecular weight is 197 g/mol. The van der Waals surface area contributed by atoms with Gasteiger partial charge in [0.05, 0.1) is 7.11 Å². The summed E-state index contributed by atoms with van der Waals surface area (Å²) < 4.78 is 4.62. The van der Waals surface area contributed by atoms with Crippen LogP contribution in [0.4, 0.5) is 0 Å². The number of likely N-dealkylation sites (tertiary alicyclic amines) is 1. The molecule has 0 aromatic rings. The minimum Gasteiger partial charge on any atom is -0.464 e. The predicted octanol–water partition coefficient (Wildman–Crippen LogP) is 1.08. The van der Waals surface area contributed by atoms with Crippen LogP contribution in [-0.4, -0.2) is 30.4 Å². The van der Waals surface area contributed by atoms with E-state index in [-0.39, 0.29) is 5.91 Å². The van der Waals surface area contributed by atoms with E-state index >= 15 is 0 Å². The minimum atomic E-state index is -0.429. The van der Waals surface area contributed by atoms with Crippen molar-refractivity contribution in [3.05, 3.63) is 11.8 Å². The first kappa shape index (κ1) is 10.8. The third kappa shape index (κ3) is 2.13. The fourth-order valence-electron chi connectivity index (χ4n) is 1.50. The Balaban J connectivity index is 2.82. The normalized spacial score (nSPS) is 17.4. The predicted molar refractivity (Wildman–Crippen MR) is 51.3 cm³/mol. The molecular formula is C10H15NO3. The van der Waals surface area contributed by atoms with Gasteiger partial charge in [0.25, 0.3) is 0 Å². The maximum atomic E-state index is 11.4. The van der Waals surface area contributed by atoms with E-state index in [0.29, 0.717) is 25.1 Å². The van der Waals surface area contributed by atoms with E-state index in [1.807, 2.05) is 6.92 Å². The van der Waals surface area contributed by atoms with Crippen molar-refractivity contribution >= 4 is 11.9 Å². The Kier molecular flexibility index (Phi) is 3.68. The third-order valence-electron chi connectivity index (χ3n) is 2.16. The molecule has 0 bridgehead atoms. The summed E-state index contributed by atoms with van der Waals surface area (Å²) >= 11 is 0. The standard InChI is InChI=1S/C10H15NO3/c1-3-5-8(10(13)14-2)11-7-4-6-9(11)12/h5H,3-4,6-7H2,1-2H3. The van der Waals surface area contributed by atoms with Crippen LogP contribution in [-0.2, 0) is 14.3 Å². The molecule has 4 nitrogen and oxygen atoms in total. The molecule has 0 spiro atoms. The number of hydrogen-bond acceptors (Lipinski definition) is 3. The second-order valence-electron chi connectivity index (χ2n) is 3.14. The average Bonchev–Trinajstić information content (AvgIpc) is 2.60. The third-order valence-corrected chi connectivity index (χ3v) is 2.16. The summed E-state index contributed by atoms with van der Waals surface area (Å²) in [4.78, 5) is 24.2. The molecule has 0 aromatic heterocycles. The highest BCUT2D eigenvalue weighted by molar-refractivity contribution is 5.94. The van der Waals surface area contributed by atoms with E-state index in [1.54, 1.807) is 6.08 Å². The lowest BCUT2D eigenvalue weighted by atomic mass is 10.3. The zero-order valence-corrected chi connectivity index (χ0v) is 8.58. The van der Waals surface area contributed by atoms with Crippen molar-refractivity contribution in [2.45, 2.75) is 26.2 Å². The van der Waals surface area contributed by atoms with Crippen molar-refractivity contribution in [3.63, 3.8) is 0 Å². The topological polar surface area (TPSA) is 46.6 Å². The van der Waals surface area contributed by atoms with Crippen LogP contribution >= 0.6 is 0 Å². The molecule has 1 aliphatic rings. The van der Waals surface area contributed by atoms with Crippen molar-refractivity contribution < 1.29 is 14.3 Å². The van der Waals surface area contributed by atoms with Crippen molar-refractivity contribution in [2.24, 2.45) is 0 Å². The number of rotatable bonds is 3. The summed E-state index contributed by atoms with van der Waals surface area (Å²) in [7, 11) is 1.33. The quantitative estimate of drug-likeness (QED) is 0.502. The zero-order chi connectivity index (χ0) is 10.6. The Morgan fingerprint density at radius 1 is 1.64 bits per heavy atom. The fourth-order valence-corrected chi connectivity index (χ4v) is 1.50. The van der Waals surface area contributed by atoms with Gasteiger partial charge in [0.2, 0.25) is 5.91 Å². The lowest BCUT2D eigenvalue weighted by Crippen LogP contribution is -2.29. The van der Waals surface area contributed by atoms with Crippen molar-refractivity contribution in [1.29, 1.82) is 0 Å². The molecule has 14 heavy (non-hydrogen) atoms. The number of hydrogen-bond donors (Lipinski definition) is 0. The first-order chi connectivity index (χ1) is 6.70. The number of nitrogens with zero attached hydrogens (tertiary/aromatic N) is 1. The monoisotopic (exact) mass is 197 g/mol. The molecule has 0 unspecified atom stereocenters. The van der Waals surface area contributed by atoms with Crippen LogP contribution in [0.25, 0.3) is 0 Å². The molecule has 1 fully saturated rings. The summed E-state index contributed by atoms with van der Waals surface area (Å²) in [6.07, 6.45) is 3.79. The van der Waals surface area contributed by atoms with Gasteiger partial charge in [-0.1, -0.05) is 13.0 Å². The van der Waals surface area contributed by atoms with E-state index in [9.17, 15) is 9.59 Å². The second-order valence-corrected chi connectivity index (χ2v) is 3.14. The number of amides is 1. The summed E-state index contributed by atoms with van der Waals surface area (Å²) in [5.41, 5.74) is 0.387. The van der Waals surface area contributed by atoms with Gasteiger partial charge in [0, 0.05) is 13.0 Å². The summed E-state index contributed by atoms with van der Waals surface area (Å²) in [6, 6.07) is 0. The van der Waals surface area contributed by atoms with E-state index in [4.69, 9.17) is 0 Å². The van der Waals surface area contributed by atoms with E-state index in [2.05, 4.69) is 4.74 Å². The molecule has 1 amide bonds. The van der Waals surface area contributed by atoms with Gasteiger partial charge >= 0.3 is 5.97 Å². The summed E-state index contributed by atoms with van der Waals surface area (Å²) in [6.45, 7) is 2.54. The number of allylic oxidation sites excluding steroid dienone is 1. The van der Waals surface area contributed by atoms with Crippen LogP contribution in [0.2, 0.25) is 0 Å². The lowest BCUT2D eigenvalue weighted by molar-refractivity contribution is -0.140. The molecule has 1 aliphatic heterocycles. The van der Waals surface area contributed by atoms with Gasteiger partial charge in [0.1, 0.15) is 5.70 Å². The van der Waals surface area contributed by atoms with Crippen LogP contribution in [0.5, 0.6) is 0 Å². The molecule has 0 aromatic carbocycles. The number of carbonyl (C=O) groups is 2. The molecule has 0 radical (unpaired) electrons. The van der Waals surface area contributed by atoms with Gasteiger partial charge in [-0.05, 0) is 12.8 Å². The minimum absolute atomic E-state index is 0.00935. The number of ether oxygens (including phenoxy) is 1. The Labute approximate surface area is 83.5 Å². The zero-order valence-electron chi connectivity index (χ0n) is 8.58. The van der Waals surface area contributed by atoms with Gasteiger partial charge in [-0.3, -0.25) is 4.79 Å². The van der Waals surface area contributed by atoms with Crippen LogP contribution in [0.3, 0.4) is 0 Å². The molecule has 4 heteroatoms. The molecule has 1 rings (SSSR count). The molecule has 78 valence electrons. The largest absolute Gasteiger partial charge is 0.464 e. The van der Waals surface area contributed by atoms with Gasteiger partial charge in [-0.2, -0.15) is 0 Å². The van der Waals surface area contributed by atoms with Gasteiger partial charge < -0.3 is 9.64 Å². The molecule has 0 N–H and O–H groups in total. The molecule has 0 aliphatic carbocycles. The SMILES string of the molecule is CCC=C(C(=O)OC)N1CCCC1=O. The van der Waals surface area contributed by atoms with Gasteiger partial charge in [0.15, 0.2) is 0 Å². The Bertz CT molecular complexity index is 271. The summed E-state index contributed by atoms with van der Waals surface area (Å²) in [5, 5.41) is 0. The van der Waals surface area contributed by atoms with Crippen molar-refractivity contribution in [2.75, 3.05) is 13.7 Å². The Morgan fingerprint density at radius 2 is 2.36 bits per heavy atom.